The predicted octanol–water partition coefficient (Wildman–Crippen LogP) is 3.98. The lowest BCUT2D eigenvalue weighted by molar-refractivity contribution is -0.121. The van der Waals surface area contributed by atoms with E-state index in [0.29, 0.717) is 11.1 Å². The SMILES string of the molecule is O=C(CC1SC(N=Nc2c(O)[nH]c3ccccc23)=NC1=O)Nc1ccccc1. The second-order valence-electron chi connectivity index (χ2n) is 6.03. The Morgan fingerprint density at radius 1 is 1.14 bits per heavy atom. The zero-order chi connectivity index (χ0) is 19.5. The first-order valence-electron chi connectivity index (χ1n) is 8.45. The molecule has 1 unspecified atom stereocenters. The normalized spacial score (nSPS) is 16.6. The number of azo groups is 1. The van der Waals surface area contributed by atoms with Gasteiger partial charge in [0.2, 0.25) is 17.0 Å². The lowest BCUT2D eigenvalue weighted by atomic mass is 10.2. The highest BCUT2D eigenvalue weighted by Gasteiger charge is 2.30. The molecule has 0 bridgehead atoms. The molecule has 0 saturated carbocycles. The number of aromatic hydroxyl groups is 1. The number of rotatable bonds is 4. The number of aromatic amines is 1. The van der Waals surface area contributed by atoms with Crippen LogP contribution in [0.25, 0.3) is 10.9 Å². The number of aliphatic imine (C=N–C) groups is 1. The van der Waals surface area contributed by atoms with Crippen LogP contribution in [0.15, 0.2) is 69.8 Å². The van der Waals surface area contributed by atoms with E-state index >= 15 is 0 Å². The van der Waals surface area contributed by atoms with Crippen LogP contribution in [-0.2, 0) is 9.59 Å². The molecule has 2 amide bonds. The van der Waals surface area contributed by atoms with Crippen LogP contribution < -0.4 is 5.32 Å². The zero-order valence-electron chi connectivity index (χ0n) is 14.5. The fraction of sp³-hybridized carbons (Fsp3) is 0.105. The van der Waals surface area contributed by atoms with Gasteiger partial charge in [-0.15, -0.1) is 10.2 Å². The van der Waals surface area contributed by atoms with Crippen LogP contribution in [-0.4, -0.2) is 32.3 Å². The van der Waals surface area contributed by atoms with Crippen molar-refractivity contribution in [2.75, 3.05) is 5.32 Å². The average molecular weight is 393 g/mol. The number of aromatic nitrogens is 1. The number of thioether (sulfide) groups is 1. The molecule has 2 aromatic carbocycles. The molecule has 4 rings (SSSR count). The molecule has 8 nitrogen and oxygen atoms in total. The van der Waals surface area contributed by atoms with Crippen molar-refractivity contribution < 1.29 is 14.7 Å². The molecule has 3 aromatic rings. The van der Waals surface area contributed by atoms with Crippen LogP contribution in [0, 0.1) is 0 Å². The molecule has 140 valence electrons. The molecule has 0 radical (unpaired) electrons. The summed E-state index contributed by atoms with van der Waals surface area (Å²) in [6.07, 6.45) is -0.0146. The van der Waals surface area contributed by atoms with Crippen LogP contribution in [0.3, 0.4) is 0 Å². The summed E-state index contributed by atoms with van der Waals surface area (Å²) in [5.74, 6) is -0.816. The number of nitrogens with zero attached hydrogens (tertiary/aromatic N) is 3. The fourth-order valence-electron chi connectivity index (χ4n) is 2.75. The zero-order valence-corrected chi connectivity index (χ0v) is 15.3. The molecule has 0 fully saturated rings. The monoisotopic (exact) mass is 393 g/mol. The van der Waals surface area contributed by atoms with E-state index in [-0.39, 0.29) is 29.1 Å². The Balaban J connectivity index is 1.41. The minimum atomic E-state index is -0.644. The summed E-state index contributed by atoms with van der Waals surface area (Å²) in [5, 5.41) is 21.0. The molecule has 9 heteroatoms. The van der Waals surface area contributed by atoms with E-state index in [0.717, 1.165) is 17.3 Å². The molecule has 0 spiro atoms. The number of nitrogens with one attached hydrogen (secondary N) is 2. The summed E-state index contributed by atoms with van der Waals surface area (Å²) in [7, 11) is 0. The molecule has 1 aliphatic rings. The number of anilines is 1. The van der Waals surface area contributed by atoms with E-state index in [4.69, 9.17) is 0 Å². The fourth-order valence-corrected chi connectivity index (χ4v) is 3.63. The van der Waals surface area contributed by atoms with Gasteiger partial charge in [-0.05, 0) is 18.2 Å². The van der Waals surface area contributed by atoms with Crippen molar-refractivity contribution in [3.05, 3.63) is 54.6 Å². The summed E-state index contributed by atoms with van der Waals surface area (Å²) in [5.41, 5.74) is 1.66. The number of carbonyl (C=O) groups is 2. The van der Waals surface area contributed by atoms with Gasteiger partial charge < -0.3 is 15.4 Å². The maximum atomic E-state index is 12.1. The lowest BCUT2D eigenvalue weighted by Crippen LogP contribution is -2.21. The number of amidine groups is 1. The van der Waals surface area contributed by atoms with Crippen molar-refractivity contribution >= 4 is 51.0 Å². The largest absolute Gasteiger partial charge is 0.493 e. The summed E-state index contributed by atoms with van der Waals surface area (Å²) >= 11 is 1.08. The predicted molar refractivity (Wildman–Crippen MR) is 108 cm³/mol. The van der Waals surface area contributed by atoms with Crippen LogP contribution in [0.4, 0.5) is 11.4 Å². The third kappa shape index (κ3) is 3.79. The average Bonchev–Trinajstić information content (AvgIpc) is 3.19. The number of hydrogen-bond acceptors (Lipinski definition) is 6. The van der Waals surface area contributed by atoms with E-state index < -0.39 is 11.2 Å². The van der Waals surface area contributed by atoms with Crippen LogP contribution >= 0.6 is 11.8 Å². The smallest absolute Gasteiger partial charge is 0.262 e. The first kappa shape index (κ1) is 17.9. The number of fused-ring (bicyclic) bond motifs is 1. The van der Waals surface area contributed by atoms with Gasteiger partial charge in [-0.25, -0.2) is 0 Å². The molecule has 3 N–H and O–H groups in total. The lowest BCUT2D eigenvalue weighted by Gasteiger charge is -2.07. The van der Waals surface area contributed by atoms with Crippen molar-refractivity contribution in [1.29, 1.82) is 0 Å². The van der Waals surface area contributed by atoms with Gasteiger partial charge >= 0.3 is 0 Å². The van der Waals surface area contributed by atoms with Gasteiger partial charge in [0.05, 0.1) is 5.52 Å². The van der Waals surface area contributed by atoms with Gasteiger partial charge in [0.25, 0.3) is 5.91 Å². The number of benzene rings is 2. The highest BCUT2D eigenvalue weighted by molar-refractivity contribution is 8.15. The second kappa shape index (κ2) is 7.65. The maximum absolute atomic E-state index is 12.1. The molecule has 2 heterocycles. The second-order valence-corrected chi connectivity index (χ2v) is 7.20. The number of hydrogen-bond donors (Lipinski definition) is 3. The van der Waals surface area contributed by atoms with Gasteiger partial charge in [0.15, 0.2) is 5.69 Å². The quantitative estimate of drug-likeness (QED) is 0.581. The number of para-hydroxylation sites is 2. The number of amides is 2. The first-order chi connectivity index (χ1) is 13.6. The Morgan fingerprint density at radius 2 is 1.89 bits per heavy atom. The van der Waals surface area contributed by atoms with Gasteiger partial charge in [-0.1, -0.05) is 48.2 Å². The Kier molecular flexibility index (Phi) is 4.90. The topological polar surface area (TPSA) is 119 Å². The third-order valence-corrected chi connectivity index (χ3v) is 5.09. The molecular formula is C19H15N5O3S. The summed E-state index contributed by atoms with van der Waals surface area (Å²) < 4.78 is 0. The Labute approximate surface area is 163 Å². The molecule has 0 aliphatic carbocycles. The molecule has 1 aromatic heterocycles. The molecule has 28 heavy (non-hydrogen) atoms. The Hall–Kier alpha value is -3.46. The number of carbonyl (C=O) groups excluding carboxylic acids is 2. The summed E-state index contributed by atoms with van der Waals surface area (Å²) in [6.45, 7) is 0. The van der Waals surface area contributed by atoms with Crippen LogP contribution in [0.1, 0.15) is 6.42 Å². The highest BCUT2D eigenvalue weighted by atomic mass is 32.2. The van der Waals surface area contributed by atoms with E-state index in [1.165, 1.54) is 0 Å². The third-order valence-electron chi connectivity index (χ3n) is 4.05. The van der Waals surface area contributed by atoms with Crippen molar-refractivity contribution in [3.8, 4) is 5.88 Å². The van der Waals surface area contributed by atoms with Crippen LogP contribution in [0.2, 0.25) is 0 Å². The van der Waals surface area contributed by atoms with Crippen molar-refractivity contribution in [2.45, 2.75) is 11.7 Å². The van der Waals surface area contributed by atoms with E-state index in [1.54, 1.807) is 24.3 Å². The van der Waals surface area contributed by atoms with Crippen LogP contribution in [0.5, 0.6) is 5.88 Å². The van der Waals surface area contributed by atoms with Gasteiger partial charge in [-0.2, -0.15) is 4.99 Å². The van der Waals surface area contributed by atoms with E-state index in [1.807, 2.05) is 30.3 Å². The van der Waals surface area contributed by atoms with Gasteiger partial charge in [0, 0.05) is 17.5 Å². The summed E-state index contributed by atoms with van der Waals surface area (Å²) in [6, 6.07) is 16.3. The summed E-state index contributed by atoms with van der Waals surface area (Å²) in [4.78, 5) is 30.9. The molecule has 1 atom stereocenters. The van der Waals surface area contributed by atoms with Gasteiger partial charge in [-0.3, -0.25) is 9.59 Å². The van der Waals surface area contributed by atoms with Gasteiger partial charge in [0.1, 0.15) is 5.25 Å². The standard InChI is InChI=1S/C19H15N5O3S/c25-15(20-11-6-2-1-3-7-11)10-14-17(26)22-19(28-14)24-23-16-12-8-4-5-9-13(12)21-18(16)27/h1-9,14,21,27H,10H2,(H,20,25). The molecular weight excluding hydrogens is 378 g/mol. The first-order valence-corrected chi connectivity index (χ1v) is 9.33. The minimum Gasteiger partial charge on any atom is -0.493 e. The van der Waals surface area contributed by atoms with E-state index in [2.05, 4.69) is 25.5 Å². The number of H-pyrrole nitrogens is 1. The van der Waals surface area contributed by atoms with Crippen molar-refractivity contribution in [3.63, 3.8) is 0 Å². The Morgan fingerprint density at radius 3 is 2.71 bits per heavy atom. The van der Waals surface area contributed by atoms with E-state index in [9.17, 15) is 14.7 Å². The highest BCUT2D eigenvalue weighted by Crippen LogP contribution is 2.36. The van der Waals surface area contributed by atoms with Crippen molar-refractivity contribution in [2.24, 2.45) is 15.2 Å². The molecule has 1 aliphatic heterocycles. The Bertz CT molecular complexity index is 1110. The van der Waals surface area contributed by atoms with Crippen molar-refractivity contribution in [1.82, 2.24) is 4.98 Å². The minimum absolute atomic E-state index is 0.0146. The molecule has 0 saturated heterocycles. The maximum Gasteiger partial charge on any atom is 0.262 e.